The van der Waals surface area contributed by atoms with E-state index in [-0.39, 0.29) is 10.1 Å². The van der Waals surface area contributed by atoms with Crippen molar-refractivity contribution in [2.45, 2.75) is 49.9 Å². The molecule has 36 heavy (non-hydrogen) atoms. The van der Waals surface area contributed by atoms with Gasteiger partial charge in [-0.2, -0.15) is 4.31 Å². The number of nitrogens with zero attached hydrogens (tertiary/aromatic N) is 3. The number of carbonyl (C=O) groups excluding carboxylic acids is 1. The topological polar surface area (TPSA) is 70.6 Å². The Bertz CT molecular complexity index is 1480. The van der Waals surface area contributed by atoms with E-state index in [1.807, 2.05) is 50.2 Å². The molecule has 1 aliphatic rings. The van der Waals surface area contributed by atoms with Gasteiger partial charge in [0.15, 0.2) is 5.13 Å². The lowest BCUT2D eigenvalue weighted by molar-refractivity contribution is -0.123. The van der Waals surface area contributed by atoms with Gasteiger partial charge in [0.1, 0.15) is 10.3 Å². The molecule has 0 saturated carbocycles. The van der Waals surface area contributed by atoms with Crippen molar-refractivity contribution in [1.82, 2.24) is 9.29 Å². The number of anilines is 1. The maximum atomic E-state index is 14.2. The molecule has 1 saturated heterocycles. The van der Waals surface area contributed by atoms with Crippen LogP contribution >= 0.6 is 34.3 Å². The number of piperidine rings is 1. The summed E-state index contributed by atoms with van der Waals surface area (Å²) >= 11 is 8.54. The number of sulfonamides is 1. The van der Waals surface area contributed by atoms with Crippen molar-refractivity contribution in [3.8, 4) is 0 Å². The minimum Gasteiger partial charge on any atom is -0.282 e. The number of hydrogen-bond acceptors (Lipinski definition) is 6. The van der Waals surface area contributed by atoms with Crippen LogP contribution in [0.3, 0.4) is 0 Å². The predicted octanol–water partition coefficient (Wildman–Crippen LogP) is 6.40. The highest BCUT2D eigenvalue weighted by molar-refractivity contribution is 7.91. The molecule has 4 aromatic rings. The lowest BCUT2D eigenvalue weighted by Crippen LogP contribution is -2.52. The Morgan fingerprint density at radius 1 is 1.06 bits per heavy atom. The van der Waals surface area contributed by atoms with Gasteiger partial charge in [-0.25, -0.2) is 13.4 Å². The van der Waals surface area contributed by atoms with E-state index in [1.165, 1.54) is 21.7 Å². The molecule has 0 aliphatic carbocycles. The summed E-state index contributed by atoms with van der Waals surface area (Å²) < 4.78 is 30.1. The van der Waals surface area contributed by atoms with E-state index in [0.29, 0.717) is 35.4 Å². The van der Waals surface area contributed by atoms with Gasteiger partial charge in [-0.1, -0.05) is 71.8 Å². The van der Waals surface area contributed by atoms with E-state index in [2.05, 4.69) is 6.07 Å². The summed E-state index contributed by atoms with van der Waals surface area (Å²) in [6, 6.07) is 16.1. The molecule has 1 aliphatic heterocycles. The minimum absolute atomic E-state index is 0.160. The number of amides is 1. The summed E-state index contributed by atoms with van der Waals surface area (Å²) in [7, 11) is -3.86. The number of halogens is 1. The van der Waals surface area contributed by atoms with Gasteiger partial charge in [-0.15, -0.1) is 11.3 Å². The highest BCUT2D eigenvalue weighted by Crippen LogP contribution is 2.36. The second-order valence-corrected chi connectivity index (χ2v) is 13.8. The number of aromatic nitrogens is 1. The molecule has 5 rings (SSSR count). The fourth-order valence-corrected chi connectivity index (χ4v) is 8.92. The maximum absolute atomic E-state index is 14.2. The van der Waals surface area contributed by atoms with Crippen LogP contribution in [0.15, 0.2) is 58.8 Å². The Morgan fingerprint density at radius 2 is 1.81 bits per heavy atom. The summed E-state index contributed by atoms with van der Waals surface area (Å²) in [5.41, 5.74) is 3.97. The smallest absolute Gasteiger partial charge is 0.253 e. The van der Waals surface area contributed by atoms with E-state index >= 15 is 0 Å². The molecule has 10 heteroatoms. The first-order valence-corrected chi connectivity index (χ1v) is 15.2. The average molecular weight is 560 g/mol. The van der Waals surface area contributed by atoms with E-state index in [4.69, 9.17) is 16.6 Å². The molecule has 2 aromatic carbocycles. The molecule has 3 heterocycles. The van der Waals surface area contributed by atoms with Crippen LogP contribution in [0.4, 0.5) is 5.13 Å². The van der Waals surface area contributed by atoms with Gasteiger partial charge in [0.25, 0.3) is 10.0 Å². The predicted molar refractivity (Wildman–Crippen MR) is 148 cm³/mol. The summed E-state index contributed by atoms with van der Waals surface area (Å²) in [6.07, 6.45) is 1.95. The third-order valence-electron chi connectivity index (χ3n) is 6.46. The molecule has 2 aromatic heterocycles. The quantitative estimate of drug-likeness (QED) is 0.274. The normalized spacial score (nSPS) is 16.9. The summed E-state index contributed by atoms with van der Waals surface area (Å²) in [6.45, 7) is 4.66. The van der Waals surface area contributed by atoms with Crippen LogP contribution < -0.4 is 4.90 Å². The van der Waals surface area contributed by atoms with Crippen LogP contribution in [0.2, 0.25) is 4.34 Å². The number of thiophene rings is 1. The zero-order chi connectivity index (χ0) is 25.4. The second kappa shape index (κ2) is 10.2. The first-order chi connectivity index (χ1) is 17.3. The van der Waals surface area contributed by atoms with Crippen LogP contribution in [0.1, 0.15) is 36.0 Å². The summed E-state index contributed by atoms with van der Waals surface area (Å²) in [5, 5.41) is 0.582. The number of aryl methyl sites for hydroxylation is 2. The number of fused-ring (bicyclic) bond motifs is 1. The van der Waals surface area contributed by atoms with Crippen molar-refractivity contribution in [3.05, 3.63) is 75.6 Å². The molecule has 1 atom stereocenters. The van der Waals surface area contributed by atoms with Crippen LogP contribution in [-0.2, 0) is 21.4 Å². The molecule has 0 bridgehead atoms. The average Bonchev–Trinajstić information content (AvgIpc) is 3.53. The van der Waals surface area contributed by atoms with Gasteiger partial charge in [0, 0.05) is 6.54 Å². The zero-order valence-corrected chi connectivity index (χ0v) is 23.2. The molecule has 0 N–H and O–H groups in total. The standard InChI is InChI=1S/C26H26ClN3O3S3/c1-17-11-12-18(2)24-23(17)28-26(35-24)29(16-19-8-4-3-5-9-19)25(31)20-10-6-7-15-30(20)36(32,33)22-14-13-21(27)34-22/h3-5,8-9,11-14,20H,6-7,10,15-16H2,1-2H3. The zero-order valence-electron chi connectivity index (χ0n) is 20.0. The van der Waals surface area contributed by atoms with Crippen molar-refractivity contribution < 1.29 is 13.2 Å². The SMILES string of the molecule is Cc1ccc(C)c2sc(N(Cc3ccccc3)C(=O)C3CCCCN3S(=O)(=O)c3ccc(Cl)s3)nc12. The van der Waals surface area contributed by atoms with Gasteiger partial charge in [-0.3, -0.25) is 9.69 Å². The molecule has 1 unspecified atom stereocenters. The Kier molecular flexibility index (Phi) is 7.20. The number of rotatable bonds is 6. The fourth-order valence-electron chi connectivity index (χ4n) is 4.54. The largest absolute Gasteiger partial charge is 0.282 e. The molecular formula is C26H26ClN3O3S3. The van der Waals surface area contributed by atoms with Crippen LogP contribution in [0, 0.1) is 13.8 Å². The Morgan fingerprint density at radius 3 is 2.50 bits per heavy atom. The molecule has 6 nitrogen and oxygen atoms in total. The van der Waals surface area contributed by atoms with Gasteiger partial charge in [0.05, 0.1) is 21.1 Å². The molecular weight excluding hydrogens is 534 g/mol. The van der Waals surface area contributed by atoms with Crippen LogP contribution in [-0.4, -0.2) is 36.2 Å². The van der Waals surface area contributed by atoms with Crippen molar-refractivity contribution in [3.63, 3.8) is 0 Å². The number of thiazole rings is 1. The highest BCUT2D eigenvalue weighted by atomic mass is 35.5. The van der Waals surface area contributed by atoms with Gasteiger partial charge in [-0.05, 0) is 55.5 Å². The fraction of sp³-hybridized carbons (Fsp3) is 0.308. The second-order valence-electron chi connectivity index (χ2n) is 8.97. The van der Waals surface area contributed by atoms with Gasteiger partial charge < -0.3 is 0 Å². The number of hydrogen-bond donors (Lipinski definition) is 0. The van der Waals surface area contributed by atoms with Crippen LogP contribution in [0.25, 0.3) is 10.2 Å². The van der Waals surface area contributed by atoms with Crippen molar-refractivity contribution in [2.24, 2.45) is 0 Å². The van der Waals surface area contributed by atoms with E-state index in [9.17, 15) is 13.2 Å². The molecule has 0 radical (unpaired) electrons. The minimum atomic E-state index is -3.86. The number of benzene rings is 2. The highest BCUT2D eigenvalue weighted by Gasteiger charge is 2.41. The Balaban J connectivity index is 1.57. The molecule has 188 valence electrons. The molecule has 1 fully saturated rings. The first-order valence-electron chi connectivity index (χ1n) is 11.7. The monoisotopic (exact) mass is 559 g/mol. The molecule has 1 amide bonds. The first kappa shape index (κ1) is 25.4. The van der Waals surface area contributed by atoms with Gasteiger partial charge >= 0.3 is 0 Å². The Hall–Kier alpha value is -2.30. The third-order valence-corrected chi connectivity index (χ3v) is 11.3. The lowest BCUT2D eigenvalue weighted by Gasteiger charge is -2.35. The maximum Gasteiger partial charge on any atom is 0.253 e. The van der Waals surface area contributed by atoms with Crippen molar-refractivity contribution in [1.29, 1.82) is 0 Å². The third kappa shape index (κ3) is 4.82. The number of carbonyl (C=O) groups is 1. The molecule has 0 spiro atoms. The van der Waals surface area contributed by atoms with Crippen molar-refractivity contribution >= 4 is 65.6 Å². The summed E-state index contributed by atoms with van der Waals surface area (Å²) in [5.74, 6) is -0.251. The van der Waals surface area contributed by atoms with E-state index in [1.54, 1.807) is 11.0 Å². The lowest BCUT2D eigenvalue weighted by atomic mass is 10.0. The Labute approximate surface area is 224 Å². The van der Waals surface area contributed by atoms with E-state index < -0.39 is 16.1 Å². The van der Waals surface area contributed by atoms with Gasteiger partial charge in [0.2, 0.25) is 5.91 Å². The van der Waals surface area contributed by atoms with Crippen molar-refractivity contribution in [2.75, 3.05) is 11.4 Å². The van der Waals surface area contributed by atoms with E-state index in [0.717, 1.165) is 44.7 Å². The summed E-state index contributed by atoms with van der Waals surface area (Å²) in [4.78, 5) is 20.7. The van der Waals surface area contributed by atoms with Crippen LogP contribution in [0.5, 0.6) is 0 Å².